The maximum Gasteiger partial charge on any atom is 0.124 e. The van der Waals surface area contributed by atoms with E-state index >= 15 is 0 Å². The Bertz CT molecular complexity index is 147. The van der Waals surface area contributed by atoms with Gasteiger partial charge in [0.05, 0.1) is 0 Å². The summed E-state index contributed by atoms with van der Waals surface area (Å²) in [6.07, 6.45) is 4.27. The number of allylic oxidation sites excluding steroid dienone is 2. The summed E-state index contributed by atoms with van der Waals surface area (Å²) in [6, 6.07) is 0. The molecule has 0 rings (SSSR count). The highest BCUT2D eigenvalue weighted by molar-refractivity contribution is 5.56. The molecule has 0 N–H and O–H groups in total. The van der Waals surface area contributed by atoms with Crippen LogP contribution in [0.3, 0.4) is 0 Å². The highest BCUT2D eigenvalue weighted by Crippen LogP contribution is 1.98. The molecule has 0 aliphatic rings. The molecule has 0 amide bonds. The predicted molar refractivity (Wildman–Crippen MR) is 38.5 cm³/mol. The van der Waals surface area contributed by atoms with Gasteiger partial charge in [-0.2, -0.15) is 0 Å². The first-order valence-corrected chi connectivity index (χ1v) is 2.56. The molecular weight excluding hydrogens is 114 g/mol. The Labute approximate surface area is 54.6 Å². The Morgan fingerprint density at radius 2 is 2.33 bits per heavy atom. The molecule has 0 aromatic rings. The molecule has 0 aliphatic carbocycles. The maximum absolute atomic E-state index is 9.90. The van der Waals surface area contributed by atoms with Gasteiger partial charge in [0.15, 0.2) is 0 Å². The Kier molecular flexibility index (Phi) is 4.32. The Morgan fingerprint density at radius 1 is 1.67 bits per heavy atom. The molecule has 0 aliphatic heterocycles. The lowest BCUT2D eigenvalue weighted by Crippen LogP contribution is -1.77. The lowest BCUT2D eigenvalue weighted by atomic mass is 10.2. The normalized spacial score (nSPS) is 10.4. The van der Waals surface area contributed by atoms with E-state index in [2.05, 4.69) is 18.3 Å². The van der Waals surface area contributed by atoms with Gasteiger partial charge < -0.3 is 4.79 Å². The molecule has 0 aromatic heterocycles. The average Bonchev–Trinajstić information content (AvgIpc) is 1.88. The van der Waals surface area contributed by atoms with E-state index < -0.39 is 0 Å². The molecule has 0 radical (unpaired) electrons. The van der Waals surface area contributed by atoms with E-state index in [0.29, 0.717) is 6.42 Å². The summed E-state index contributed by atoms with van der Waals surface area (Å²) in [4.78, 5) is 13.4. The number of aldehydes is 1. The van der Waals surface area contributed by atoms with Crippen LogP contribution in [0.4, 0.5) is 0 Å². The van der Waals surface area contributed by atoms with Gasteiger partial charge in [0.25, 0.3) is 0 Å². The van der Waals surface area contributed by atoms with Crippen LogP contribution in [0, 0.1) is 0 Å². The number of nitrogens with zero attached hydrogens (tertiary/aromatic N) is 1. The van der Waals surface area contributed by atoms with Crippen molar-refractivity contribution in [1.29, 1.82) is 0 Å². The fourth-order valence-corrected chi connectivity index (χ4v) is 0.402. The van der Waals surface area contributed by atoms with Crippen LogP contribution in [0.15, 0.2) is 29.4 Å². The van der Waals surface area contributed by atoms with E-state index in [9.17, 15) is 4.79 Å². The van der Waals surface area contributed by atoms with Gasteiger partial charge in [-0.1, -0.05) is 12.7 Å². The Morgan fingerprint density at radius 3 is 2.67 bits per heavy atom. The number of carbonyl (C=O) groups is 1. The quantitative estimate of drug-likeness (QED) is 0.315. The molecule has 2 nitrogen and oxygen atoms in total. The van der Waals surface area contributed by atoms with Gasteiger partial charge in [0, 0.05) is 12.6 Å². The van der Waals surface area contributed by atoms with Crippen molar-refractivity contribution in [3.8, 4) is 0 Å². The van der Waals surface area contributed by atoms with E-state index in [-0.39, 0.29) is 0 Å². The molecule has 0 saturated heterocycles. The maximum atomic E-state index is 9.90. The van der Waals surface area contributed by atoms with E-state index in [1.165, 1.54) is 6.20 Å². The number of hydrogen-bond donors (Lipinski definition) is 0. The van der Waals surface area contributed by atoms with Crippen LogP contribution in [0.2, 0.25) is 0 Å². The van der Waals surface area contributed by atoms with Gasteiger partial charge in [-0.3, -0.25) is 4.99 Å². The summed E-state index contributed by atoms with van der Waals surface area (Å²) >= 11 is 0. The third kappa shape index (κ3) is 3.41. The average molecular weight is 123 g/mol. The van der Waals surface area contributed by atoms with Crippen LogP contribution in [0.5, 0.6) is 0 Å². The Hall–Kier alpha value is -1.18. The number of hydrogen-bond acceptors (Lipinski definition) is 2. The standard InChI is InChI=1S/C7H9NO/c1-3-7(4-5-9)6-8-2/h3,5-6H,1-2,4H2/b7-6+. The molecule has 0 spiro atoms. The van der Waals surface area contributed by atoms with Crippen molar-refractivity contribution in [2.24, 2.45) is 4.99 Å². The van der Waals surface area contributed by atoms with Crippen molar-refractivity contribution >= 4 is 13.0 Å². The summed E-state index contributed by atoms with van der Waals surface area (Å²) in [5, 5.41) is 0. The second-order valence-corrected chi connectivity index (χ2v) is 1.46. The minimum atomic E-state index is 0.364. The topological polar surface area (TPSA) is 29.4 Å². The first-order chi connectivity index (χ1) is 4.35. The predicted octanol–water partition coefficient (Wildman–Crippen LogP) is 1.35. The van der Waals surface area contributed by atoms with Gasteiger partial charge in [-0.25, -0.2) is 0 Å². The van der Waals surface area contributed by atoms with Crippen LogP contribution >= 0.6 is 0 Å². The van der Waals surface area contributed by atoms with Crippen molar-refractivity contribution in [2.45, 2.75) is 6.42 Å². The zero-order valence-corrected chi connectivity index (χ0v) is 5.21. The molecule has 48 valence electrons. The van der Waals surface area contributed by atoms with Crippen molar-refractivity contribution in [2.75, 3.05) is 0 Å². The molecule has 0 aromatic carbocycles. The summed E-state index contributed by atoms with van der Waals surface area (Å²) in [6.45, 7) is 6.72. The third-order valence-corrected chi connectivity index (χ3v) is 0.838. The molecule has 0 saturated carbocycles. The number of carbonyl (C=O) groups excluding carboxylic acids is 1. The first kappa shape index (κ1) is 7.82. The van der Waals surface area contributed by atoms with E-state index in [1.54, 1.807) is 6.08 Å². The summed E-state index contributed by atoms with van der Waals surface area (Å²) in [5.41, 5.74) is 0.792. The zero-order chi connectivity index (χ0) is 7.11. The smallest absolute Gasteiger partial charge is 0.124 e. The number of aliphatic imine (C=N–C) groups is 1. The van der Waals surface area contributed by atoms with E-state index in [4.69, 9.17) is 0 Å². The van der Waals surface area contributed by atoms with Crippen LogP contribution in [-0.4, -0.2) is 13.0 Å². The van der Waals surface area contributed by atoms with Gasteiger partial charge in [-0.15, -0.1) is 0 Å². The molecule has 0 atom stereocenters. The fourth-order valence-electron chi connectivity index (χ4n) is 0.402. The van der Waals surface area contributed by atoms with Gasteiger partial charge in [-0.05, 0) is 12.3 Å². The van der Waals surface area contributed by atoms with Crippen molar-refractivity contribution in [3.63, 3.8) is 0 Å². The lowest BCUT2D eigenvalue weighted by molar-refractivity contribution is -0.107. The molecule has 9 heavy (non-hydrogen) atoms. The van der Waals surface area contributed by atoms with E-state index in [0.717, 1.165) is 11.9 Å². The highest BCUT2D eigenvalue weighted by atomic mass is 16.1. The minimum absolute atomic E-state index is 0.364. The van der Waals surface area contributed by atoms with Crippen LogP contribution in [0.1, 0.15) is 6.42 Å². The second-order valence-electron chi connectivity index (χ2n) is 1.46. The largest absolute Gasteiger partial charge is 0.303 e. The summed E-state index contributed by atoms with van der Waals surface area (Å²) in [5.74, 6) is 0. The molecular formula is C7H9NO. The molecule has 0 fully saturated rings. The number of rotatable bonds is 4. The SMILES string of the molecule is C=C/C(=C\N=C)CC=O. The summed E-state index contributed by atoms with van der Waals surface area (Å²) < 4.78 is 0. The van der Waals surface area contributed by atoms with Gasteiger partial charge in [0.2, 0.25) is 0 Å². The van der Waals surface area contributed by atoms with Crippen molar-refractivity contribution < 1.29 is 4.79 Å². The highest BCUT2D eigenvalue weighted by Gasteiger charge is 1.85. The molecule has 0 bridgehead atoms. The van der Waals surface area contributed by atoms with Crippen LogP contribution in [0.25, 0.3) is 0 Å². The molecule has 0 heterocycles. The van der Waals surface area contributed by atoms with Gasteiger partial charge >= 0.3 is 0 Å². The monoisotopic (exact) mass is 123 g/mol. The zero-order valence-electron chi connectivity index (χ0n) is 5.21. The molecule has 0 unspecified atom stereocenters. The van der Waals surface area contributed by atoms with Crippen LogP contribution < -0.4 is 0 Å². The van der Waals surface area contributed by atoms with Crippen molar-refractivity contribution in [3.05, 3.63) is 24.4 Å². The lowest BCUT2D eigenvalue weighted by Gasteiger charge is -1.87. The van der Waals surface area contributed by atoms with E-state index in [1.807, 2.05) is 0 Å². The molecule has 2 heteroatoms. The second kappa shape index (κ2) is 4.97. The van der Waals surface area contributed by atoms with Gasteiger partial charge in [0.1, 0.15) is 6.29 Å². The van der Waals surface area contributed by atoms with Crippen LogP contribution in [-0.2, 0) is 4.79 Å². The van der Waals surface area contributed by atoms with Crippen molar-refractivity contribution in [1.82, 2.24) is 0 Å². The summed E-state index contributed by atoms with van der Waals surface area (Å²) in [7, 11) is 0. The third-order valence-electron chi connectivity index (χ3n) is 0.838. The fraction of sp³-hybridized carbons (Fsp3) is 0.143. The first-order valence-electron chi connectivity index (χ1n) is 2.56. The Balaban J connectivity index is 3.95. The minimum Gasteiger partial charge on any atom is -0.303 e.